The van der Waals surface area contributed by atoms with Crippen molar-refractivity contribution in [3.05, 3.63) is 64.7 Å². The predicted molar refractivity (Wildman–Crippen MR) is 90.6 cm³/mol. The maximum atomic E-state index is 12.2. The molecule has 2 rings (SSSR count). The summed E-state index contributed by atoms with van der Waals surface area (Å²) < 4.78 is 5.22. The van der Waals surface area contributed by atoms with E-state index in [9.17, 15) is 9.59 Å². The van der Waals surface area contributed by atoms with E-state index in [4.69, 9.17) is 10.00 Å². The summed E-state index contributed by atoms with van der Waals surface area (Å²) in [5, 5.41) is 11.4. The molecule has 0 fully saturated rings. The third-order valence-corrected chi connectivity index (χ3v) is 3.39. The number of nitrogens with one attached hydrogen (secondary N) is 1. The molecule has 5 heteroatoms. The normalized spacial score (nSPS) is 11.2. The van der Waals surface area contributed by atoms with Crippen LogP contribution >= 0.6 is 0 Å². The highest BCUT2D eigenvalue weighted by molar-refractivity contribution is 5.97. The van der Waals surface area contributed by atoms with Gasteiger partial charge in [-0.25, -0.2) is 4.79 Å². The second-order valence-corrected chi connectivity index (χ2v) is 5.60. The van der Waals surface area contributed by atoms with Gasteiger partial charge in [0.1, 0.15) is 0 Å². The fraction of sp³-hybridized carbons (Fsp3) is 0.211. The molecule has 1 amide bonds. The number of hydrogen-bond donors (Lipinski definition) is 1. The van der Waals surface area contributed by atoms with Crippen molar-refractivity contribution < 1.29 is 14.3 Å². The van der Waals surface area contributed by atoms with Crippen molar-refractivity contribution in [1.29, 1.82) is 5.26 Å². The number of carbonyl (C=O) groups is 2. The van der Waals surface area contributed by atoms with Crippen LogP contribution in [0.3, 0.4) is 0 Å². The summed E-state index contributed by atoms with van der Waals surface area (Å²) in [7, 11) is 0. The van der Waals surface area contributed by atoms with Crippen molar-refractivity contribution in [1.82, 2.24) is 0 Å². The average Bonchev–Trinajstić information content (AvgIpc) is 2.54. The Labute approximate surface area is 140 Å². The van der Waals surface area contributed by atoms with Gasteiger partial charge in [0.05, 0.1) is 17.2 Å². The molecular formula is C19H18N2O3. The number of hydrogen-bond acceptors (Lipinski definition) is 4. The molecule has 1 atom stereocenters. The Kier molecular flexibility index (Phi) is 5.33. The van der Waals surface area contributed by atoms with Crippen LogP contribution < -0.4 is 5.32 Å². The molecule has 0 aliphatic rings. The molecule has 0 saturated heterocycles. The van der Waals surface area contributed by atoms with E-state index in [1.54, 1.807) is 36.4 Å². The Morgan fingerprint density at radius 2 is 1.67 bits per heavy atom. The Bertz CT molecular complexity index is 784. The second-order valence-electron chi connectivity index (χ2n) is 5.60. The number of nitrogens with zero attached hydrogens (tertiary/aromatic N) is 1. The summed E-state index contributed by atoms with van der Waals surface area (Å²) in [4.78, 5) is 24.3. The van der Waals surface area contributed by atoms with Gasteiger partial charge < -0.3 is 10.1 Å². The molecule has 2 aromatic rings. The van der Waals surface area contributed by atoms with E-state index < -0.39 is 18.0 Å². The first-order chi connectivity index (χ1) is 11.4. The third kappa shape index (κ3) is 4.43. The van der Waals surface area contributed by atoms with Crippen LogP contribution in [0.2, 0.25) is 0 Å². The third-order valence-electron chi connectivity index (χ3n) is 3.39. The highest BCUT2D eigenvalue weighted by Crippen LogP contribution is 2.13. The van der Waals surface area contributed by atoms with E-state index in [0.717, 1.165) is 11.1 Å². The standard InChI is InChI=1S/C19H18N2O3/c1-12-8-13(2)10-16(9-12)19(23)24-14(3)18(22)21-17-6-4-15(11-20)5-7-17/h4-10,14H,1-3H3,(H,21,22)/t14-/m0/s1. The number of carbonyl (C=O) groups excluding carboxylic acids is 2. The lowest BCUT2D eigenvalue weighted by molar-refractivity contribution is -0.123. The van der Waals surface area contributed by atoms with Gasteiger partial charge in [-0.3, -0.25) is 4.79 Å². The molecule has 0 aliphatic carbocycles. The maximum Gasteiger partial charge on any atom is 0.338 e. The van der Waals surface area contributed by atoms with Crippen molar-refractivity contribution in [3.8, 4) is 6.07 Å². The fourth-order valence-corrected chi connectivity index (χ4v) is 2.25. The Hall–Kier alpha value is -3.13. The minimum Gasteiger partial charge on any atom is -0.449 e. The van der Waals surface area contributed by atoms with Crippen LogP contribution in [0.1, 0.15) is 34.0 Å². The number of anilines is 1. The van der Waals surface area contributed by atoms with Gasteiger partial charge in [-0.1, -0.05) is 17.2 Å². The van der Waals surface area contributed by atoms with Crippen LogP contribution in [0.5, 0.6) is 0 Å². The summed E-state index contributed by atoms with van der Waals surface area (Å²) in [5.74, 6) is -0.971. The number of benzene rings is 2. The van der Waals surface area contributed by atoms with Crippen molar-refractivity contribution >= 4 is 17.6 Å². The zero-order valence-corrected chi connectivity index (χ0v) is 13.8. The van der Waals surface area contributed by atoms with E-state index >= 15 is 0 Å². The zero-order chi connectivity index (χ0) is 17.7. The average molecular weight is 322 g/mol. The Morgan fingerprint density at radius 3 is 2.21 bits per heavy atom. The number of ether oxygens (including phenoxy) is 1. The number of esters is 1. The maximum absolute atomic E-state index is 12.2. The second kappa shape index (κ2) is 7.42. The molecule has 24 heavy (non-hydrogen) atoms. The van der Waals surface area contributed by atoms with Gasteiger partial charge in [0.15, 0.2) is 6.10 Å². The molecule has 0 spiro atoms. The number of rotatable bonds is 4. The first-order valence-corrected chi connectivity index (χ1v) is 7.49. The van der Waals surface area contributed by atoms with E-state index in [1.165, 1.54) is 6.92 Å². The lowest BCUT2D eigenvalue weighted by Crippen LogP contribution is -2.30. The summed E-state index contributed by atoms with van der Waals surface area (Å²) in [6.45, 7) is 5.30. The first-order valence-electron chi connectivity index (χ1n) is 7.49. The molecule has 0 bridgehead atoms. The van der Waals surface area contributed by atoms with E-state index in [2.05, 4.69) is 5.32 Å². The quantitative estimate of drug-likeness (QED) is 0.875. The summed E-state index contributed by atoms with van der Waals surface area (Å²) >= 11 is 0. The first kappa shape index (κ1) is 17.2. The van der Waals surface area contributed by atoms with E-state index in [0.29, 0.717) is 16.8 Å². The molecule has 122 valence electrons. The largest absolute Gasteiger partial charge is 0.449 e. The lowest BCUT2D eigenvalue weighted by atomic mass is 10.1. The van der Waals surface area contributed by atoms with E-state index in [-0.39, 0.29) is 0 Å². The summed E-state index contributed by atoms with van der Waals surface area (Å²) in [6, 6.07) is 13.8. The predicted octanol–water partition coefficient (Wildman–Crippen LogP) is 3.36. The lowest BCUT2D eigenvalue weighted by Gasteiger charge is -2.14. The summed E-state index contributed by atoms with van der Waals surface area (Å²) in [6.07, 6.45) is -0.936. The van der Waals surface area contributed by atoms with E-state index in [1.807, 2.05) is 26.0 Å². The fourth-order valence-electron chi connectivity index (χ4n) is 2.25. The van der Waals surface area contributed by atoms with Crippen molar-refractivity contribution in [3.63, 3.8) is 0 Å². The van der Waals surface area contributed by atoms with Crippen LogP contribution in [-0.2, 0) is 9.53 Å². The molecule has 0 heterocycles. The number of amides is 1. The zero-order valence-electron chi connectivity index (χ0n) is 13.8. The molecular weight excluding hydrogens is 304 g/mol. The van der Waals surface area contributed by atoms with Gasteiger partial charge in [0.2, 0.25) is 0 Å². The molecule has 0 radical (unpaired) electrons. The molecule has 1 N–H and O–H groups in total. The minimum absolute atomic E-state index is 0.422. The van der Waals surface area contributed by atoms with Crippen molar-refractivity contribution in [2.45, 2.75) is 26.9 Å². The summed E-state index contributed by atoms with van der Waals surface area (Å²) in [5.41, 5.74) is 3.37. The molecule has 5 nitrogen and oxygen atoms in total. The minimum atomic E-state index is -0.936. The molecule has 0 aliphatic heterocycles. The van der Waals surface area contributed by atoms with Crippen molar-refractivity contribution in [2.24, 2.45) is 0 Å². The molecule has 0 saturated carbocycles. The molecule has 0 aromatic heterocycles. The smallest absolute Gasteiger partial charge is 0.338 e. The Morgan fingerprint density at radius 1 is 1.08 bits per heavy atom. The van der Waals surface area contributed by atoms with Crippen LogP contribution in [0.4, 0.5) is 5.69 Å². The highest BCUT2D eigenvalue weighted by Gasteiger charge is 2.19. The van der Waals surface area contributed by atoms with Crippen molar-refractivity contribution in [2.75, 3.05) is 5.32 Å². The molecule has 0 unspecified atom stereocenters. The van der Waals surface area contributed by atoms with Crippen LogP contribution in [0, 0.1) is 25.2 Å². The van der Waals surface area contributed by atoms with Crippen LogP contribution in [0.25, 0.3) is 0 Å². The van der Waals surface area contributed by atoms with Gasteiger partial charge in [-0.15, -0.1) is 0 Å². The monoisotopic (exact) mass is 322 g/mol. The number of aryl methyl sites for hydroxylation is 2. The van der Waals surface area contributed by atoms with Gasteiger partial charge in [0.25, 0.3) is 5.91 Å². The molecule has 2 aromatic carbocycles. The Balaban J connectivity index is 2.00. The SMILES string of the molecule is Cc1cc(C)cc(C(=O)O[C@@H](C)C(=O)Nc2ccc(C#N)cc2)c1. The van der Waals surface area contributed by atoms with Crippen LogP contribution in [0.15, 0.2) is 42.5 Å². The van der Waals surface area contributed by atoms with Gasteiger partial charge in [0, 0.05) is 5.69 Å². The van der Waals surface area contributed by atoms with Gasteiger partial charge >= 0.3 is 5.97 Å². The van der Waals surface area contributed by atoms with Crippen LogP contribution in [-0.4, -0.2) is 18.0 Å². The number of nitriles is 1. The highest BCUT2D eigenvalue weighted by atomic mass is 16.5. The van der Waals surface area contributed by atoms with Gasteiger partial charge in [-0.05, 0) is 57.2 Å². The van der Waals surface area contributed by atoms with Gasteiger partial charge in [-0.2, -0.15) is 5.26 Å². The topological polar surface area (TPSA) is 79.2 Å².